The molecule has 368 valence electrons. The van der Waals surface area contributed by atoms with Crippen LogP contribution in [0.5, 0.6) is 0 Å². The summed E-state index contributed by atoms with van der Waals surface area (Å²) in [6, 6.07) is 79.2. The number of rotatable bonds is 8. The molecule has 0 radical (unpaired) electrons. The van der Waals surface area contributed by atoms with E-state index in [-0.39, 0.29) is 0 Å². The predicted octanol–water partition coefficient (Wildman–Crippen LogP) is 20.3. The number of fused-ring (bicyclic) bond motifs is 4. The summed E-state index contributed by atoms with van der Waals surface area (Å²) in [5.41, 5.74) is 15.9. The van der Waals surface area contributed by atoms with Gasteiger partial charge in [-0.1, -0.05) is 0 Å². The molecule has 0 atom stereocenters. The van der Waals surface area contributed by atoms with Gasteiger partial charge in [-0.25, -0.2) is 0 Å². The molecule has 0 unspecified atom stereocenters. The molecule has 0 saturated heterocycles. The first-order valence-electron chi connectivity index (χ1n) is 26.0. The Morgan fingerprint density at radius 1 is 0.289 bits per heavy atom. The molecule has 0 fully saturated rings. The van der Waals surface area contributed by atoms with Crippen molar-refractivity contribution >= 4 is 152 Å². The first-order chi connectivity index (χ1) is 37.1. The van der Waals surface area contributed by atoms with E-state index in [9.17, 15) is 0 Å². The van der Waals surface area contributed by atoms with E-state index in [4.69, 9.17) is 9.97 Å². The number of aromatic nitrogens is 2. The van der Waals surface area contributed by atoms with Gasteiger partial charge in [0.15, 0.2) is 0 Å². The van der Waals surface area contributed by atoms with Crippen LogP contribution in [0.3, 0.4) is 0 Å². The first-order valence-corrected chi connectivity index (χ1v) is 41.8. The molecule has 8 heteroatoms. The summed E-state index contributed by atoms with van der Waals surface area (Å²) in [5.74, 6) is 10.3. The number of hydrogen-bond donors (Lipinski definition) is 0. The zero-order chi connectivity index (χ0) is 51.7. The van der Waals surface area contributed by atoms with Crippen LogP contribution in [-0.4, -0.2) is 36.5 Å². The van der Waals surface area contributed by atoms with Crippen molar-refractivity contribution in [1.82, 2.24) is 9.97 Å². The zero-order valence-corrected chi connectivity index (χ0v) is 50.8. The van der Waals surface area contributed by atoms with Crippen molar-refractivity contribution in [2.45, 2.75) is 36.9 Å². The van der Waals surface area contributed by atoms with Crippen LogP contribution in [0.2, 0.25) is 23.0 Å². The van der Waals surface area contributed by atoms with Gasteiger partial charge in [0, 0.05) is 0 Å². The normalized spacial score (nSPS) is 15.2. The van der Waals surface area contributed by atoms with Gasteiger partial charge in [-0.15, -0.1) is 0 Å². The second-order valence-corrected chi connectivity index (χ2v) is 43.2. The average Bonchev–Trinajstić information content (AvgIpc) is 4.39. The Bertz CT molecular complexity index is 4000. The summed E-state index contributed by atoms with van der Waals surface area (Å²) in [6.45, 7) is 4.67. The van der Waals surface area contributed by atoms with E-state index in [2.05, 4.69) is 255 Å². The third kappa shape index (κ3) is 8.31. The number of para-hydroxylation sites is 2. The van der Waals surface area contributed by atoms with Crippen LogP contribution in [0, 0.1) is 13.8 Å². The molecule has 4 aromatic heterocycles. The molecule has 0 saturated carbocycles. The van der Waals surface area contributed by atoms with E-state index in [1.54, 1.807) is 8.81 Å². The Kier molecular flexibility index (Phi) is 12.8. The van der Waals surface area contributed by atoms with Crippen molar-refractivity contribution < 1.29 is 0 Å². The van der Waals surface area contributed by atoms with Crippen molar-refractivity contribution in [2.75, 3.05) is 0 Å². The van der Waals surface area contributed by atoms with Crippen LogP contribution in [0.4, 0.5) is 0 Å². The van der Waals surface area contributed by atoms with Crippen molar-refractivity contribution in [3.63, 3.8) is 0 Å². The molecule has 0 spiro atoms. The van der Waals surface area contributed by atoms with Crippen LogP contribution in [0.15, 0.2) is 218 Å². The number of aryl methyl sites for hydroxylation is 2. The van der Waals surface area contributed by atoms with Gasteiger partial charge >= 0.3 is 471 Å². The first kappa shape index (κ1) is 49.1. The van der Waals surface area contributed by atoms with Crippen LogP contribution in [0.25, 0.3) is 80.5 Å². The zero-order valence-electron chi connectivity index (χ0n) is 43.3. The summed E-state index contributed by atoms with van der Waals surface area (Å²) in [7, 11) is 0. The Morgan fingerprint density at radius 2 is 0.566 bits per heavy atom. The molecule has 8 aromatic carbocycles. The Labute approximate surface area is 466 Å². The van der Waals surface area contributed by atoms with E-state index in [1.807, 2.05) is 45.3 Å². The van der Waals surface area contributed by atoms with E-state index in [1.165, 1.54) is 104 Å². The maximum atomic E-state index is 5.23. The average molecular weight is 1170 g/mol. The Balaban J connectivity index is 0.000000146. The van der Waals surface area contributed by atoms with Gasteiger partial charge in [-0.2, -0.15) is 0 Å². The van der Waals surface area contributed by atoms with Gasteiger partial charge in [0.05, 0.1) is 0 Å². The fourth-order valence-electron chi connectivity index (χ4n) is 12.1. The summed E-state index contributed by atoms with van der Waals surface area (Å²) in [4.78, 5) is 13.3. The molecule has 0 amide bonds. The van der Waals surface area contributed by atoms with Gasteiger partial charge in [0.2, 0.25) is 0 Å². The molecule has 12 aromatic rings. The fraction of sp³-hybridized carbons (Fsp3) is 0.0882. The number of benzene rings is 8. The van der Waals surface area contributed by atoms with E-state index >= 15 is 0 Å². The molecule has 2 aliphatic heterocycles. The second-order valence-electron chi connectivity index (χ2n) is 20.7. The van der Waals surface area contributed by atoms with Crippen LogP contribution in [0.1, 0.15) is 53.2 Å². The van der Waals surface area contributed by atoms with E-state index in [0.717, 1.165) is 21.0 Å². The molecular weight excluding hydrogens is 1120 g/mol. The number of nitrogens with zero attached hydrogens (tertiary/aromatic N) is 2. The summed E-state index contributed by atoms with van der Waals surface area (Å²) in [5, 5.41) is 5.13. The van der Waals surface area contributed by atoms with E-state index < -0.39 is 26.5 Å². The van der Waals surface area contributed by atoms with Gasteiger partial charge in [0.1, 0.15) is 0 Å². The summed E-state index contributed by atoms with van der Waals surface area (Å²) in [6.07, 6.45) is 0. The number of thiophene rings is 2. The minimum atomic E-state index is -2.93. The second kappa shape index (κ2) is 19.8. The summed E-state index contributed by atoms with van der Waals surface area (Å²) < 4.78 is 11.4. The van der Waals surface area contributed by atoms with Crippen molar-refractivity contribution in [2.24, 2.45) is 0 Å². The molecule has 14 rings (SSSR count). The molecule has 2 aliphatic rings. The molecule has 0 bridgehead atoms. The maximum absolute atomic E-state index is 5.23. The predicted molar refractivity (Wildman–Crippen MR) is 340 cm³/mol. The quantitative estimate of drug-likeness (QED) is 0.142. The van der Waals surface area contributed by atoms with Gasteiger partial charge in [0.25, 0.3) is 0 Å². The van der Waals surface area contributed by atoms with Gasteiger partial charge < -0.3 is 0 Å². The monoisotopic (exact) mass is 1170 g/mol. The van der Waals surface area contributed by atoms with Crippen LogP contribution < -0.4 is 0 Å². The SMILES string of the molecule is Cc1sc2ccccc2c1[C]1=C(c2ccccc2)C(c2ccccc2)=[C](c2c(C)sc3ccccc23)[Ge]1([CH3])[CH3].[CH3][Ge]1([CH3])[C](c2nc3ccccc3s2)=C(c2ccccc2)C(c2ccccc2)=[C]1c1nc2ccccc2s1. The standard InChI is InChI=1S/C36H30GeS2.C32H24GeN2S2/c1-23-31(27-19-11-13-21-29(27)38-23)35-33(25-15-7-5-8-16-25)34(26-17-9-6-10-18-26)36(37(35,3)4)32-24(2)39-30-22-14-12-20-28(30)32;1-33(2)29(31-34-23-17-9-11-19-25(23)36-31)27(21-13-5-3-6-14-21)28(22-15-7-4-8-16-22)30(33)32-35-24-18-10-12-20-26(24)37-32/h5-22H,1-4H3;3-20H,1-2H3. The van der Waals surface area contributed by atoms with E-state index in [0.29, 0.717) is 0 Å². The molecule has 6 heterocycles. The molecule has 0 aliphatic carbocycles. The number of thiazole rings is 2. The number of allylic oxidation sites excluding steroid dienone is 4. The van der Waals surface area contributed by atoms with Crippen molar-refractivity contribution in [3.05, 3.63) is 272 Å². The van der Waals surface area contributed by atoms with Crippen LogP contribution in [-0.2, 0) is 0 Å². The minimum absolute atomic E-state index is 1.08. The molecule has 76 heavy (non-hydrogen) atoms. The third-order valence-corrected chi connectivity index (χ3v) is 35.0. The fourth-order valence-corrected chi connectivity index (χ4v) is 34.8. The molecule has 0 N–H and O–H groups in total. The summed E-state index contributed by atoms with van der Waals surface area (Å²) >= 11 is 1.70. The number of hydrogen-bond acceptors (Lipinski definition) is 6. The van der Waals surface area contributed by atoms with Crippen LogP contribution >= 0.6 is 45.3 Å². The van der Waals surface area contributed by atoms with Gasteiger partial charge in [-0.05, 0) is 0 Å². The van der Waals surface area contributed by atoms with Gasteiger partial charge in [-0.3, -0.25) is 0 Å². The van der Waals surface area contributed by atoms with Crippen molar-refractivity contribution in [1.29, 1.82) is 0 Å². The van der Waals surface area contributed by atoms with Crippen molar-refractivity contribution in [3.8, 4) is 0 Å². The third-order valence-electron chi connectivity index (χ3n) is 15.3. The Hall–Kier alpha value is -6.49. The topological polar surface area (TPSA) is 25.8 Å². The molecular formula is C68H54Ge2N2S4. The molecule has 2 nitrogen and oxygen atoms in total. The Morgan fingerprint density at radius 3 is 0.908 bits per heavy atom.